The van der Waals surface area contributed by atoms with Crippen LogP contribution in [0.15, 0.2) is 42.2 Å². The molecular weight excluding hydrogens is 343 g/mol. The monoisotopic (exact) mass is 356 g/mol. The van der Waals surface area contributed by atoms with Crippen LogP contribution in [0.25, 0.3) is 5.83 Å². The van der Waals surface area contributed by atoms with Crippen LogP contribution in [0.2, 0.25) is 0 Å². The second-order valence-corrected chi connectivity index (χ2v) is 5.14. The number of allylic oxidation sites excluding steroid dienone is 1. The Bertz CT molecular complexity index is 790. The van der Waals surface area contributed by atoms with E-state index in [0.29, 0.717) is 18.6 Å². The van der Waals surface area contributed by atoms with E-state index in [9.17, 15) is 26.7 Å². The molecule has 7 heteroatoms. The lowest BCUT2D eigenvalue weighted by molar-refractivity contribution is 0.0733. The number of rotatable bonds is 5. The maximum atomic E-state index is 13.8. The van der Waals surface area contributed by atoms with E-state index in [0.717, 1.165) is 0 Å². The van der Waals surface area contributed by atoms with Crippen LogP contribution >= 0.6 is 0 Å². The fourth-order valence-electron chi connectivity index (χ4n) is 1.99. The number of ether oxygens (including phenoxy) is 1. The van der Waals surface area contributed by atoms with Gasteiger partial charge in [0.1, 0.15) is 11.6 Å². The molecule has 0 aliphatic carbocycles. The summed E-state index contributed by atoms with van der Waals surface area (Å²) in [6.07, 6.45) is 0.407. The van der Waals surface area contributed by atoms with Crippen molar-refractivity contribution >= 4 is 11.8 Å². The molecule has 0 saturated carbocycles. The molecule has 2 nitrogen and oxygen atoms in total. The van der Waals surface area contributed by atoms with E-state index in [1.54, 1.807) is 6.92 Å². The predicted octanol–water partition coefficient (Wildman–Crippen LogP) is 5.73. The Hall–Kier alpha value is -2.70. The van der Waals surface area contributed by atoms with Crippen molar-refractivity contribution in [3.63, 3.8) is 0 Å². The van der Waals surface area contributed by atoms with Gasteiger partial charge in [-0.3, -0.25) is 0 Å². The summed E-state index contributed by atoms with van der Waals surface area (Å²) in [5, 5.41) is 0. The smallest absolute Gasteiger partial charge is 0.343 e. The van der Waals surface area contributed by atoms with Crippen LogP contribution in [-0.4, -0.2) is 5.97 Å². The van der Waals surface area contributed by atoms with E-state index in [-0.39, 0.29) is 17.7 Å². The predicted molar refractivity (Wildman–Crippen MR) is 81.8 cm³/mol. The van der Waals surface area contributed by atoms with Crippen LogP contribution in [0.4, 0.5) is 22.0 Å². The maximum absolute atomic E-state index is 13.8. The summed E-state index contributed by atoms with van der Waals surface area (Å²) < 4.78 is 71.2. The molecule has 2 aromatic carbocycles. The first kappa shape index (κ1) is 18.6. The standard InChI is InChI=1S/C18H13F5O2/c1-2-3-13(19)16(22)10-4-6-12(7-5-10)25-18(24)11-8-14(20)17(23)15(21)9-11/h4-9H,2-3H2,1H3/b16-13+. The first-order valence-corrected chi connectivity index (χ1v) is 7.34. The number of carbonyl (C=O) groups is 1. The van der Waals surface area contributed by atoms with E-state index in [1.165, 1.54) is 24.3 Å². The minimum atomic E-state index is -1.70. The van der Waals surface area contributed by atoms with Gasteiger partial charge in [-0.2, -0.15) is 0 Å². The normalized spacial score (nSPS) is 11.9. The van der Waals surface area contributed by atoms with Crippen LogP contribution in [0, 0.1) is 17.5 Å². The summed E-state index contributed by atoms with van der Waals surface area (Å²) in [5.74, 6) is -7.83. The molecule has 2 rings (SSSR count). The van der Waals surface area contributed by atoms with Gasteiger partial charge in [0.15, 0.2) is 23.3 Å². The van der Waals surface area contributed by atoms with Gasteiger partial charge in [0, 0.05) is 12.0 Å². The minimum Gasteiger partial charge on any atom is -0.423 e. The number of benzene rings is 2. The molecule has 0 aliphatic rings. The average Bonchev–Trinajstić information content (AvgIpc) is 2.59. The highest BCUT2D eigenvalue weighted by Gasteiger charge is 2.17. The molecule has 0 aromatic heterocycles. The van der Waals surface area contributed by atoms with Crippen LogP contribution < -0.4 is 4.74 Å². The summed E-state index contributed by atoms with van der Waals surface area (Å²) in [6, 6.07) is 5.78. The van der Waals surface area contributed by atoms with E-state index in [4.69, 9.17) is 4.74 Å². The van der Waals surface area contributed by atoms with E-state index < -0.39 is 40.6 Å². The van der Waals surface area contributed by atoms with Crippen LogP contribution in [0.5, 0.6) is 5.75 Å². The zero-order valence-corrected chi connectivity index (χ0v) is 13.1. The summed E-state index contributed by atoms with van der Waals surface area (Å²) >= 11 is 0. The van der Waals surface area contributed by atoms with Crippen LogP contribution in [0.1, 0.15) is 35.7 Å². The number of halogens is 5. The highest BCUT2D eigenvalue weighted by molar-refractivity contribution is 5.91. The van der Waals surface area contributed by atoms with Crippen molar-refractivity contribution in [3.05, 3.63) is 70.8 Å². The number of carbonyl (C=O) groups excluding carboxylic acids is 1. The third kappa shape index (κ3) is 4.43. The summed E-state index contributed by atoms with van der Waals surface area (Å²) in [4.78, 5) is 11.8. The Morgan fingerprint density at radius 3 is 2.04 bits per heavy atom. The molecule has 0 spiro atoms. The van der Waals surface area contributed by atoms with Crippen molar-refractivity contribution in [1.82, 2.24) is 0 Å². The number of hydrogen-bond donors (Lipinski definition) is 0. The topological polar surface area (TPSA) is 26.3 Å². The molecular formula is C18H13F5O2. The second kappa shape index (κ2) is 7.92. The molecule has 0 atom stereocenters. The van der Waals surface area contributed by atoms with Gasteiger partial charge in [0.2, 0.25) is 0 Å². The third-order valence-electron chi connectivity index (χ3n) is 3.25. The lowest BCUT2D eigenvalue weighted by Gasteiger charge is -2.06. The number of hydrogen-bond acceptors (Lipinski definition) is 2. The Labute approximate surface area is 140 Å². The molecule has 0 unspecified atom stereocenters. The van der Waals surface area contributed by atoms with Crippen molar-refractivity contribution in [2.45, 2.75) is 19.8 Å². The lowest BCUT2D eigenvalue weighted by atomic mass is 10.1. The lowest BCUT2D eigenvalue weighted by Crippen LogP contribution is -2.10. The van der Waals surface area contributed by atoms with Gasteiger partial charge in [-0.15, -0.1) is 0 Å². The summed E-state index contributed by atoms with van der Waals surface area (Å²) in [6.45, 7) is 1.70. The molecule has 0 amide bonds. The largest absolute Gasteiger partial charge is 0.423 e. The zero-order valence-electron chi connectivity index (χ0n) is 13.1. The van der Waals surface area contributed by atoms with Gasteiger partial charge < -0.3 is 4.74 Å². The summed E-state index contributed by atoms with van der Waals surface area (Å²) in [7, 11) is 0. The SMILES string of the molecule is CCC/C(F)=C(\F)c1ccc(OC(=O)c2cc(F)c(F)c(F)c2)cc1. The fourth-order valence-corrected chi connectivity index (χ4v) is 1.99. The van der Waals surface area contributed by atoms with Gasteiger partial charge in [0.05, 0.1) is 5.56 Å². The van der Waals surface area contributed by atoms with E-state index >= 15 is 0 Å². The summed E-state index contributed by atoms with van der Waals surface area (Å²) in [5.41, 5.74) is -0.565. The quantitative estimate of drug-likeness (QED) is 0.296. The van der Waals surface area contributed by atoms with Gasteiger partial charge in [-0.05, 0) is 42.8 Å². The third-order valence-corrected chi connectivity index (χ3v) is 3.25. The van der Waals surface area contributed by atoms with Crippen molar-refractivity contribution in [3.8, 4) is 5.75 Å². The van der Waals surface area contributed by atoms with Gasteiger partial charge in [0.25, 0.3) is 0 Å². The Morgan fingerprint density at radius 1 is 0.960 bits per heavy atom. The molecule has 25 heavy (non-hydrogen) atoms. The fraction of sp³-hybridized carbons (Fsp3) is 0.167. The zero-order chi connectivity index (χ0) is 18.6. The highest BCUT2D eigenvalue weighted by Crippen LogP contribution is 2.26. The van der Waals surface area contributed by atoms with E-state index in [1.807, 2.05) is 0 Å². The Morgan fingerprint density at radius 2 is 1.52 bits per heavy atom. The van der Waals surface area contributed by atoms with Crippen LogP contribution in [0.3, 0.4) is 0 Å². The van der Waals surface area contributed by atoms with Gasteiger partial charge in [-0.1, -0.05) is 6.92 Å². The highest BCUT2D eigenvalue weighted by atomic mass is 19.2. The van der Waals surface area contributed by atoms with Gasteiger partial charge >= 0.3 is 5.97 Å². The second-order valence-electron chi connectivity index (χ2n) is 5.14. The molecule has 0 bridgehead atoms. The molecule has 0 radical (unpaired) electrons. The van der Waals surface area contributed by atoms with Gasteiger partial charge in [-0.25, -0.2) is 26.7 Å². The molecule has 0 heterocycles. The molecule has 0 saturated heterocycles. The Kier molecular flexibility index (Phi) is 5.90. The van der Waals surface area contributed by atoms with Crippen LogP contribution in [-0.2, 0) is 0 Å². The van der Waals surface area contributed by atoms with Crippen molar-refractivity contribution in [2.75, 3.05) is 0 Å². The average molecular weight is 356 g/mol. The molecule has 132 valence electrons. The first-order chi connectivity index (χ1) is 11.8. The molecule has 2 aromatic rings. The molecule has 0 N–H and O–H groups in total. The molecule has 0 aliphatic heterocycles. The first-order valence-electron chi connectivity index (χ1n) is 7.34. The van der Waals surface area contributed by atoms with Crippen molar-refractivity contribution < 1.29 is 31.5 Å². The number of esters is 1. The maximum Gasteiger partial charge on any atom is 0.343 e. The molecule has 0 fully saturated rings. The van der Waals surface area contributed by atoms with Crippen molar-refractivity contribution in [1.29, 1.82) is 0 Å². The Balaban J connectivity index is 2.16. The minimum absolute atomic E-state index is 0.0374. The van der Waals surface area contributed by atoms with Crippen molar-refractivity contribution in [2.24, 2.45) is 0 Å². The van der Waals surface area contributed by atoms with E-state index in [2.05, 4.69) is 0 Å².